The average Bonchev–Trinajstić information content (AvgIpc) is 2.99. The highest BCUT2D eigenvalue weighted by molar-refractivity contribution is 8.18. The molecule has 5 nitrogen and oxygen atoms in total. The maximum absolute atomic E-state index is 12.3. The molecule has 2 heterocycles. The van der Waals surface area contributed by atoms with Crippen molar-refractivity contribution >= 4 is 28.9 Å². The van der Waals surface area contributed by atoms with Gasteiger partial charge in [-0.3, -0.25) is 4.79 Å². The molecule has 1 fully saturated rings. The van der Waals surface area contributed by atoms with E-state index in [-0.39, 0.29) is 5.91 Å². The Bertz CT molecular complexity index is 694. The van der Waals surface area contributed by atoms with E-state index in [2.05, 4.69) is 9.89 Å². The lowest BCUT2D eigenvalue weighted by molar-refractivity contribution is -0.113. The van der Waals surface area contributed by atoms with Crippen LogP contribution in [-0.4, -0.2) is 42.3 Å². The molecule has 134 valence electrons. The van der Waals surface area contributed by atoms with Crippen LogP contribution in [0, 0.1) is 0 Å². The first-order valence-corrected chi connectivity index (χ1v) is 9.70. The topological polar surface area (TPSA) is 51.1 Å². The van der Waals surface area contributed by atoms with E-state index in [0.29, 0.717) is 18.1 Å². The quantitative estimate of drug-likeness (QED) is 0.745. The van der Waals surface area contributed by atoms with E-state index in [1.54, 1.807) is 0 Å². The van der Waals surface area contributed by atoms with Gasteiger partial charge in [0.05, 0.1) is 18.1 Å². The van der Waals surface area contributed by atoms with Gasteiger partial charge in [0.25, 0.3) is 5.91 Å². The van der Waals surface area contributed by atoms with Crippen molar-refractivity contribution < 1.29 is 14.3 Å². The Morgan fingerprint density at radius 2 is 1.92 bits per heavy atom. The number of piperidine rings is 1. The predicted molar refractivity (Wildman–Crippen MR) is 102 cm³/mol. The van der Waals surface area contributed by atoms with Crippen molar-refractivity contribution in [2.24, 2.45) is 4.99 Å². The fourth-order valence-corrected chi connectivity index (χ4v) is 3.89. The second kappa shape index (κ2) is 8.43. The van der Waals surface area contributed by atoms with Gasteiger partial charge in [0.15, 0.2) is 5.17 Å². The van der Waals surface area contributed by atoms with Crippen LogP contribution < -0.4 is 9.47 Å². The van der Waals surface area contributed by atoms with Gasteiger partial charge in [-0.2, -0.15) is 4.99 Å². The van der Waals surface area contributed by atoms with Crippen molar-refractivity contribution in [2.45, 2.75) is 33.1 Å². The first kappa shape index (κ1) is 17.9. The van der Waals surface area contributed by atoms with Crippen LogP contribution in [0.5, 0.6) is 11.5 Å². The molecular formula is C19H24N2O3S. The zero-order valence-corrected chi connectivity index (χ0v) is 15.6. The number of nitrogens with zero attached hydrogens (tertiary/aromatic N) is 2. The van der Waals surface area contributed by atoms with E-state index in [0.717, 1.165) is 35.3 Å². The van der Waals surface area contributed by atoms with Crippen molar-refractivity contribution in [3.63, 3.8) is 0 Å². The van der Waals surface area contributed by atoms with E-state index in [4.69, 9.17) is 9.47 Å². The lowest BCUT2D eigenvalue weighted by Crippen LogP contribution is -2.33. The van der Waals surface area contributed by atoms with Crippen LogP contribution in [0.1, 0.15) is 38.7 Å². The Hall–Kier alpha value is -1.95. The number of ether oxygens (including phenoxy) is 2. The SMILES string of the molecule is CCOc1ccc(/C=C2/SC(N3CCCCC3)=NC2=O)c(OCC)c1. The monoisotopic (exact) mass is 360 g/mol. The number of amides is 1. The molecule has 0 radical (unpaired) electrons. The molecule has 0 unspecified atom stereocenters. The fraction of sp³-hybridized carbons (Fsp3) is 0.474. The van der Waals surface area contributed by atoms with Gasteiger partial charge in [-0.15, -0.1) is 0 Å². The van der Waals surface area contributed by atoms with E-state index in [9.17, 15) is 4.79 Å². The number of hydrogen-bond donors (Lipinski definition) is 0. The summed E-state index contributed by atoms with van der Waals surface area (Å²) in [6.07, 6.45) is 5.46. The first-order chi connectivity index (χ1) is 12.2. The van der Waals surface area contributed by atoms with Gasteiger partial charge in [-0.05, 0) is 63.1 Å². The van der Waals surface area contributed by atoms with E-state index in [1.165, 1.54) is 31.0 Å². The second-order valence-corrected chi connectivity index (χ2v) is 6.93. The molecule has 0 N–H and O–H groups in total. The summed E-state index contributed by atoms with van der Waals surface area (Å²) in [6, 6.07) is 5.69. The van der Waals surface area contributed by atoms with Gasteiger partial charge < -0.3 is 14.4 Å². The molecule has 0 spiro atoms. The molecule has 2 aliphatic heterocycles. The number of carbonyl (C=O) groups excluding carboxylic acids is 1. The van der Waals surface area contributed by atoms with Crippen LogP contribution in [-0.2, 0) is 4.79 Å². The molecule has 0 aliphatic carbocycles. The van der Waals surface area contributed by atoms with Crippen LogP contribution in [0.15, 0.2) is 28.1 Å². The normalized spacial score (nSPS) is 19.3. The smallest absolute Gasteiger partial charge is 0.286 e. The number of likely N-dealkylation sites (tertiary alicyclic amines) is 1. The Kier molecular flexibility index (Phi) is 6.02. The molecule has 0 atom stereocenters. The van der Waals surface area contributed by atoms with Gasteiger partial charge in [-0.25, -0.2) is 0 Å². The zero-order chi connectivity index (χ0) is 17.6. The van der Waals surface area contributed by atoms with Crippen LogP contribution >= 0.6 is 11.8 Å². The standard InChI is InChI=1S/C19H24N2O3S/c1-3-23-15-9-8-14(16(13-15)24-4-2)12-17-18(22)20-19(25-17)21-10-6-5-7-11-21/h8-9,12-13H,3-7,10-11H2,1-2H3/b17-12+. The maximum Gasteiger partial charge on any atom is 0.286 e. The minimum absolute atomic E-state index is 0.165. The highest BCUT2D eigenvalue weighted by Gasteiger charge is 2.27. The Balaban J connectivity index is 1.79. The van der Waals surface area contributed by atoms with Crippen molar-refractivity contribution in [1.82, 2.24) is 4.90 Å². The third-order valence-electron chi connectivity index (χ3n) is 4.12. The number of hydrogen-bond acceptors (Lipinski definition) is 5. The van der Waals surface area contributed by atoms with Gasteiger partial charge in [0.2, 0.25) is 0 Å². The molecule has 2 aliphatic rings. The van der Waals surface area contributed by atoms with Gasteiger partial charge in [0, 0.05) is 24.7 Å². The predicted octanol–water partition coefficient (Wildman–Crippen LogP) is 3.94. The van der Waals surface area contributed by atoms with Crippen LogP contribution in [0.2, 0.25) is 0 Å². The number of benzene rings is 1. The molecule has 1 aromatic rings. The second-order valence-electron chi connectivity index (χ2n) is 5.92. The molecule has 0 saturated carbocycles. The van der Waals surface area contributed by atoms with E-state index >= 15 is 0 Å². The van der Waals surface area contributed by atoms with Crippen molar-refractivity contribution in [3.05, 3.63) is 28.7 Å². The summed E-state index contributed by atoms with van der Waals surface area (Å²) < 4.78 is 11.3. The molecule has 3 rings (SSSR count). The lowest BCUT2D eigenvalue weighted by Gasteiger charge is -2.27. The van der Waals surface area contributed by atoms with E-state index in [1.807, 2.05) is 38.1 Å². The Morgan fingerprint density at radius 1 is 1.16 bits per heavy atom. The maximum atomic E-state index is 12.3. The number of rotatable bonds is 5. The van der Waals surface area contributed by atoms with Crippen molar-refractivity contribution in [2.75, 3.05) is 26.3 Å². The summed E-state index contributed by atoms with van der Waals surface area (Å²) in [5.41, 5.74) is 0.872. The Labute approximate surface area is 153 Å². The zero-order valence-electron chi connectivity index (χ0n) is 14.8. The molecule has 1 saturated heterocycles. The summed E-state index contributed by atoms with van der Waals surface area (Å²) in [5, 5.41) is 0.833. The van der Waals surface area contributed by atoms with Gasteiger partial charge in [-0.1, -0.05) is 0 Å². The number of amidine groups is 1. The van der Waals surface area contributed by atoms with Crippen molar-refractivity contribution in [3.8, 4) is 11.5 Å². The Morgan fingerprint density at radius 3 is 2.64 bits per heavy atom. The molecule has 1 amide bonds. The molecule has 0 aromatic heterocycles. The lowest BCUT2D eigenvalue weighted by atomic mass is 10.1. The molecule has 1 aromatic carbocycles. The van der Waals surface area contributed by atoms with Crippen LogP contribution in [0.3, 0.4) is 0 Å². The van der Waals surface area contributed by atoms with Gasteiger partial charge >= 0.3 is 0 Å². The summed E-state index contributed by atoms with van der Waals surface area (Å²) in [7, 11) is 0. The minimum atomic E-state index is -0.165. The van der Waals surface area contributed by atoms with Crippen LogP contribution in [0.25, 0.3) is 6.08 Å². The van der Waals surface area contributed by atoms with Crippen molar-refractivity contribution in [1.29, 1.82) is 0 Å². The molecular weight excluding hydrogens is 336 g/mol. The summed E-state index contributed by atoms with van der Waals surface area (Å²) in [4.78, 5) is 19.4. The summed E-state index contributed by atoms with van der Waals surface area (Å²) >= 11 is 1.46. The third-order valence-corrected chi connectivity index (χ3v) is 5.16. The summed E-state index contributed by atoms with van der Waals surface area (Å²) in [6.45, 7) is 7.02. The highest BCUT2D eigenvalue weighted by Crippen LogP contribution is 2.34. The van der Waals surface area contributed by atoms with Crippen LogP contribution in [0.4, 0.5) is 0 Å². The molecule has 0 bridgehead atoms. The third kappa shape index (κ3) is 4.37. The fourth-order valence-electron chi connectivity index (χ4n) is 2.93. The largest absolute Gasteiger partial charge is 0.494 e. The number of carbonyl (C=O) groups is 1. The number of aliphatic imine (C=N–C) groups is 1. The molecule has 6 heteroatoms. The molecule has 25 heavy (non-hydrogen) atoms. The highest BCUT2D eigenvalue weighted by atomic mass is 32.2. The minimum Gasteiger partial charge on any atom is -0.494 e. The first-order valence-electron chi connectivity index (χ1n) is 8.88. The van der Waals surface area contributed by atoms with E-state index < -0.39 is 0 Å². The summed E-state index contributed by atoms with van der Waals surface area (Å²) in [5.74, 6) is 1.33. The number of thioether (sulfide) groups is 1. The average molecular weight is 360 g/mol. The van der Waals surface area contributed by atoms with Gasteiger partial charge in [0.1, 0.15) is 11.5 Å².